The second-order valence-electron chi connectivity index (χ2n) is 5.34. The van der Waals surface area contributed by atoms with Gasteiger partial charge in [0.25, 0.3) is 0 Å². The molecule has 5 heteroatoms. The summed E-state index contributed by atoms with van der Waals surface area (Å²) in [6.07, 6.45) is 0.885. The minimum Gasteiger partial charge on any atom is -0.478 e. The molecule has 1 aromatic carbocycles. The lowest BCUT2D eigenvalue weighted by Crippen LogP contribution is -2.08. The summed E-state index contributed by atoms with van der Waals surface area (Å²) in [4.78, 5) is 15.8. The van der Waals surface area contributed by atoms with Crippen molar-refractivity contribution >= 4 is 17.0 Å². The number of carboxylic acid groups (broad SMARTS) is 1. The van der Waals surface area contributed by atoms with Crippen molar-refractivity contribution < 1.29 is 14.6 Å². The average Bonchev–Trinajstić information content (AvgIpc) is 2.81. The number of rotatable bonds is 7. The number of aromatic nitrogens is 2. The largest absolute Gasteiger partial charge is 0.478 e. The molecule has 5 nitrogen and oxygen atoms in total. The van der Waals surface area contributed by atoms with Gasteiger partial charge in [-0.25, -0.2) is 9.78 Å². The molecule has 0 bridgehead atoms. The van der Waals surface area contributed by atoms with Crippen LogP contribution in [0.25, 0.3) is 11.0 Å². The number of hydrogen-bond acceptors (Lipinski definition) is 3. The van der Waals surface area contributed by atoms with Crippen LogP contribution in [0.5, 0.6) is 0 Å². The van der Waals surface area contributed by atoms with Gasteiger partial charge in [-0.05, 0) is 31.5 Å². The molecule has 21 heavy (non-hydrogen) atoms. The van der Waals surface area contributed by atoms with Gasteiger partial charge in [0.05, 0.1) is 16.6 Å². The van der Waals surface area contributed by atoms with E-state index in [9.17, 15) is 4.79 Å². The number of fused-ring (bicyclic) bond motifs is 1. The number of carboxylic acids is 1. The number of aryl methyl sites for hydroxylation is 1. The third-order valence-corrected chi connectivity index (χ3v) is 3.42. The second kappa shape index (κ2) is 6.72. The van der Waals surface area contributed by atoms with Crippen molar-refractivity contribution in [2.75, 3.05) is 13.2 Å². The van der Waals surface area contributed by atoms with Crippen LogP contribution in [-0.4, -0.2) is 33.8 Å². The molecule has 0 amide bonds. The Labute approximate surface area is 124 Å². The van der Waals surface area contributed by atoms with Gasteiger partial charge in [-0.3, -0.25) is 0 Å². The van der Waals surface area contributed by atoms with Gasteiger partial charge in [0, 0.05) is 25.7 Å². The first-order valence-electron chi connectivity index (χ1n) is 7.35. The van der Waals surface area contributed by atoms with Crippen LogP contribution in [0.4, 0.5) is 0 Å². The summed E-state index contributed by atoms with van der Waals surface area (Å²) in [6.45, 7) is 8.37. The molecule has 0 radical (unpaired) electrons. The molecule has 0 aliphatic carbocycles. The molecular formula is C16H22N2O3. The molecule has 2 aromatic rings. The number of nitrogens with zero attached hydrogens (tertiary/aromatic N) is 2. The third-order valence-electron chi connectivity index (χ3n) is 3.42. The predicted octanol–water partition coefficient (Wildman–Crippen LogP) is 3.28. The fraction of sp³-hybridized carbons (Fsp3) is 0.500. The zero-order valence-corrected chi connectivity index (χ0v) is 12.8. The summed E-state index contributed by atoms with van der Waals surface area (Å²) in [7, 11) is 0. The van der Waals surface area contributed by atoms with E-state index in [1.54, 1.807) is 18.2 Å². The van der Waals surface area contributed by atoms with Crippen molar-refractivity contribution in [3.05, 3.63) is 29.6 Å². The Balaban J connectivity index is 2.39. The summed E-state index contributed by atoms with van der Waals surface area (Å²) in [6, 6.07) is 5.09. The number of aromatic carboxylic acids is 1. The average molecular weight is 290 g/mol. The summed E-state index contributed by atoms with van der Waals surface area (Å²) >= 11 is 0. The Morgan fingerprint density at radius 3 is 2.81 bits per heavy atom. The maximum Gasteiger partial charge on any atom is 0.335 e. The first-order chi connectivity index (χ1) is 10.0. The minimum absolute atomic E-state index is 0.290. The Hall–Kier alpha value is -1.88. The van der Waals surface area contributed by atoms with Crippen LogP contribution in [-0.2, 0) is 11.3 Å². The second-order valence-corrected chi connectivity index (χ2v) is 5.34. The highest BCUT2D eigenvalue weighted by Gasteiger charge is 2.15. The zero-order chi connectivity index (χ0) is 15.4. The lowest BCUT2D eigenvalue weighted by molar-refractivity contribution is 0.0697. The van der Waals surface area contributed by atoms with E-state index < -0.39 is 5.97 Å². The summed E-state index contributed by atoms with van der Waals surface area (Å²) < 4.78 is 7.49. The van der Waals surface area contributed by atoms with Crippen molar-refractivity contribution in [3.8, 4) is 0 Å². The van der Waals surface area contributed by atoms with Gasteiger partial charge < -0.3 is 14.4 Å². The lowest BCUT2D eigenvalue weighted by Gasteiger charge is -2.11. The topological polar surface area (TPSA) is 64.4 Å². The molecule has 1 heterocycles. The molecule has 1 N–H and O–H groups in total. The number of benzene rings is 1. The molecule has 0 unspecified atom stereocenters. The van der Waals surface area contributed by atoms with E-state index in [0.29, 0.717) is 18.8 Å². The fourth-order valence-electron chi connectivity index (χ4n) is 2.42. The molecule has 0 fully saturated rings. The van der Waals surface area contributed by atoms with E-state index >= 15 is 0 Å². The van der Waals surface area contributed by atoms with Crippen molar-refractivity contribution in [2.24, 2.45) is 0 Å². The highest BCUT2D eigenvalue weighted by molar-refractivity contribution is 5.92. The van der Waals surface area contributed by atoms with E-state index in [0.717, 1.165) is 29.8 Å². The highest BCUT2D eigenvalue weighted by atomic mass is 16.5. The monoisotopic (exact) mass is 290 g/mol. The number of ether oxygens (including phenoxy) is 1. The molecule has 0 spiro atoms. The summed E-state index contributed by atoms with van der Waals surface area (Å²) in [5.41, 5.74) is 2.03. The SMILES string of the molecule is CCOCCCn1c(C(C)C)nc2ccc(C(=O)O)cc21. The molecule has 2 rings (SSSR count). The number of carbonyl (C=O) groups is 1. The Morgan fingerprint density at radius 2 is 2.19 bits per heavy atom. The van der Waals surface area contributed by atoms with Crippen LogP contribution in [0.1, 0.15) is 49.3 Å². The van der Waals surface area contributed by atoms with Gasteiger partial charge in [0.1, 0.15) is 5.82 Å². The zero-order valence-electron chi connectivity index (χ0n) is 12.8. The normalized spacial score (nSPS) is 11.4. The van der Waals surface area contributed by atoms with Crippen molar-refractivity contribution in [1.29, 1.82) is 0 Å². The van der Waals surface area contributed by atoms with Gasteiger partial charge in [0.2, 0.25) is 0 Å². The first kappa shape index (κ1) is 15.5. The van der Waals surface area contributed by atoms with E-state index in [-0.39, 0.29) is 5.92 Å². The van der Waals surface area contributed by atoms with Crippen LogP contribution in [0.15, 0.2) is 18.2 Å². The quantitative estimate of drug-likeness (QED) is 0.795. The Morgan fingerprint density at radius 1 is 1.43 bits per heavy atom. The van der Waals surface area contributed by atoms with Gasteiger partial charge in [0.15, 0.2) is 0 Å². The summed E-state index contributed by atoms with van der Waals surface area (Å²) in [5.74, 6) is 0.367. The van der Waals surface area contributed by atoms with Gasteiger partial charge >= 0.3 is 5.97 Å². The van der Waals surface area contributed by atoms with Crippen LogP contribution >= 0.6 is 0 Å². The highest BCUT2D eigenvalue weighted by Crippen LogP contribution is 2.23. The van der Waals surface area contributed by atoms with Crippen molar-refractivity contribution in [3.63, 3.8) is 0 Å². The van der Waals surface area contributed by atoms with E-state index in [1.165, 1.54) is 0 Å². The standard InChI is InChI=1S/C16H22N2O3/c1-4-21-9-5-8-18-14-10-12(16(19)20)6-7-13(14)17-15(18)11(2)3/h6-7,10-11H,4-5,8-9H2,1-3H3,(H,19,20). The molecule has 0 aliphatic rings. The maximum atomic E-state index is 11.1. The van der Waals surface area contributed by atoms with Crippen LogP contribution < -0.4 is 0 Å². The van der Waals surface area contributed by atoms with Gasteiger partial charge in [-0.15, -0.1) is 0 Å². The van der Waals surface area contributed by atoms with E-state index in [4.69, 9.17) is 9.84 Å². The fourth-order valence-corrected chi connectivity index (χ4v) is 2.42. The molecule has 0 saturated carbocycles. The van der Waals surface area contributed by atoms with Crippen LogP contribution in [0.2, 0.25) is 0 Å². The molecule has 0 atom stereocenters. The van der Waals surface area contributed by atoms with Gasteiger partial charge in [-0.2, -0.15) is 0 Å². The third kappa shape index (κ3) is 3.42. The van der Waals surface area contributed by atoms with Crippen LogP contribution in [0, 0.1) is 0 Å². The van der Waals surface area contributed by atoms with Gasteiger partial charge in [-0.1, -0.05) is 13.8 Å². The first-order valence-corrected chi connectivity index (χ1v) is 7.35. The maximum absolute atomic E-state index is 11.1. The minimum atomic E-state index is -0.912. The molecule has 114 valence electrons. The smallest absolute Gasteiger partial charge is 0.335 e. The molecular weight excluding hydrogens is 268 g/mol. The van der Waals surface area contributed by atoms with E-state index in [2.05, 4.69) is 23.4 Å². The summed E-state index contributed by atoms with van der Waals surface area (Å²) in [5, 5.41) is 9.15. The molecule has 0 aliphatic heterocycles. The molecule has 1 aromatic heterocycles. The van der Waals surface area contributed by atoms with Crippen molar-refractivity contribution in [2.45, 2.75) is 39.7 Å². The van der Waals surface area contributed by atoms with E-state index in [1.807, 2.05) is 6.92 Å². The lowest BCUT2D eigenvalue weighted by atomic mass is 10.2. The predicted molar refractivity (Wildman–Crippen MR) is 81.9 cm³/mol. The van der Waals surface area contributed by atoms with Crippen LogP contribution in [0.3, 0.4) is 0 Å². The molecule has 0 saturated heterocycles. The number of imidazole rings is 1. The number of hydrogen-bond donors (Lipinski definition) is 1. The Bertz CT molecular complexity index is 632. The Kier molecular flexibility index (Phi) is 4.96. The van der Waals surface area contributed by atoms with Crippen molar-refractivity contribution in [1.82, 2.24) is 9.55 Å².